The van der Waals surface area contributed by atoms with E-state index in [2.05, 4.69) is 6.92 Å². The lowest BCUT2D eigenvalue weighted by molar-refractivity contribution is 0.633. The maximum absolute atomic E-state index is 12.4. The van der Waals surface area contributed by atoms with Crippen LogP contribution in [0.3, 0.4) is 0 Å². The summed E-state index contributed by atoms with van der Waals surface area (Å²) in [7, 11) is 0. The summed E-state index contributed by atoms with van der Waals surface area (Å²) >= 11 is 0. The average Bonchev–Trinajstić information content (AvgIpc) is 3.08. The van der Waals surface area contributed by atoms with Gasteiger partial charge in [0.05, 0.1) is 0 Å². The first-order valence-electron chi connectivity index (χ1n) is 6.12. The number of nitrogens with two attached hydrogens (primary N) is 1. The molecule has 1 aliphatic carbocycles. The van der Waals surface area contributed by atoms with Crippen LogP contribution in [0.1, 0.15) is 25.8 Å². The van der Waals surface area contributed by atoms with Crippen molar-refractivity contribution in [3.05, 3.63) is 40.7 Å². The first-order chi connectivity index (χ1) is 8.22. The summed E-state index contributed by atoms with van der Waals surface area (Å²) in [5.41, 5.74) is 6.07. The molecule has 3 rings (SSSR count). The van der Waals surface area contributed by atoms with Gasteiger partial charge in [0.25, 0.3) is 5.56 Å². The molecule has 88 valence electrons. The van der Waals surface area contributed by atoms with Gasteiger partial charge in [-0.2, -0.15) is 0 Å². The third-order valence-electron chi connectivity index (χ3n) is 3.73. The van der Waals surface area contributed by atoms with Crippen molar-refractivity contribution in [2.45, 2.75) is 25.8 Å². The van der Waals surface area contributed by atoms with Crippen LogP contribution in [0.15, 0.2) is 35.1 Å². The predicted molar refractivity (Wildman–Crippen MR) is 70.1 cm³/mol. The first-order valence-corrected chi connectivity index (χ1v) is 6.12. The topological polar surface area (TPSA) is 48.0 Å². The predicted octanol–water partition coefficient (Wildman–Crippen LogP) is 2.55. The van der Waals surface area contributed by atoms with E-state index in [0.29, 0.717) is 17.8 Å². The zero-order valence-corrected chi connectivity index (χ0v) is 9.89. The number of nitrogen functional groups attached to an aromatic ring is 1. The molecule has 17 heavy (non-hydrogen) atoms. The number of nitrogens with zero attached hydrogens (tertiary/aromatic N) is 1. The van der Waals surface area contributed by atoms with Crippen LogP contribution in [0.2, 0.25) is 0 Å². The van der Waals surface area contributed by atoms with Crippen LogP contribution in [0.25, 0.3) is 10.8 Å². The smallest absolute Gasteiger partial charge is 0.260 e. The van der Waals surface area contributed by atoms with Crippen LogP contribution in [-0.2, 0) is 0 Å². The van der Waals surface area contributed by atoms with E-state index in [1.54, 1.807) is 4.57 Å². The number of pyridine rings is 1. The zero-order valence-electron chi connectivity index (χ0n) is 9.89. The molecule has 1 heterocycles. The molecule has 1 aromatic heterocycles. The summed E-state index contributed by atoms with van der Waals surface area (Å²) in [6.45, 7) is 2.16. The summed E-state index contributed by atoms with van der Waals surface area (Å²) in [5, 5.41) is 1.70. The number of benzene rings is 1. The normalized spacial score (nSPS) is 22.9. The highest BCUT2D eigenvalue weighted by molar-refractivity contribution is 5.83. The Morgan fingerprint density at radius 1 is 1.41 bits per heavy atom. The van der Waals surface area contributed by atoms with E-state index < -0.39 is 0 Å². The van der Waals surface area contributed by atoms with Crippen molar-refractivity contribution in [1.82, 2.24) is 4.57 Å². The Bertz CT molecular complexity index is 630. The molecular formula is C14H16N2O. The Kier molecular flexibility index (Phi) is 2.21. The molecule has 3 heteroatoms. The summed E-state index contributed by atoms with van der Waals surface area (Å²) in [6.07, 6.45) is 2.20. The maximum Gasteiger partial charge on any atom is 0.260 e. The molecule has 0 bridgehead atoms. The zero-order chi connectivity index (χ0) is 12.0. The van der Waals surface area contributed by atoms with Crippen LogP contribution in [-0.4, -0.2) is 4.57 Å². The Labute approximate surface area is 99.9 Å². The van der Waals surface area contributed by atoms with E-state index in [1.165, 1.54) is 0 Å². The second-order valence-electron chi connectivity index (χ2n) is 4.80. The molecule has 1 saturated carbocycles. The monoisotopic (exact) mass is 228 g/mol. The number of fused-ring (bicyclic) bond motifs is 1. The quantitative estimate of drug-likeness (QED) is 0.858. The van der Waals surface area contributed by atoms with E-state index in [1.807, 2.05) is 30.3 Å². The summed E-state index contributed by atoms with van der Waals surface area (Å²) < 4.78 is 1.77. The third-order valence-corrected chi connectivity index (χ3v) is 3.73. The van der Waals surface area contributed by atoms with Crippen molar-refractivity contribution in [1.29, 1.82) is 0 Å². The molecule has 2 N–H and O–H groups in total. The molecular weight excluding hydrogens is 212 g/mol. The van der Waals surface area contributed by atoms with Crippen molar-refractivity contribution in [3.8, 4) is 0 Å². The highest BCUT2D eigenvalue weighted by Crippen LogP contribution is 2.45. The van der Waals surface area contributed by atoms with Crippen molar-refractivity contribution < 1.29 is 0 Å². The van der Waals surface area contributed by atoms with Gasteiger partial charge in [-0.1, -0.05) is 31.5 Å². The van der Waals surface area contributed by atoms with Crippen molar-refractivity contribution in [3.63, 3.8) is 0 Å². The number of hydrogen-bond donors (Lipinski definition) is 1. The van der Waals surface area contributed by atoms with Gasteiger partial charge in [-0.25, -0.2) is 0 Å². The van der Waals surface area contributed by atoms with Gasteiger partial charge in [0, 0.05) is 11.4 Å². The Morgan fingerprint density at radius 3 is 2.88 bits per heavy atom. The van der Waals surface area contributed by atoms with Crippen LogP contribution >= 0.6 is 0 Å². The standard InChI is InChI=1S/C14H16N2O/c1-2-9-7-12(9)16-13(15)8-10-5-3-4-6-11(10)14(16)17/h3-6,8-9,12H,2,7,15H2,1H3. The largest absolute Gasteiger partial charge is 0.385 e. The fourth-order valence-electron chi connectivity index (χ4n) is 2.62. The molecule has 2 aromatic rings. The van der Waals surface area contributed by atoms with Gasteiger partial charge in [0.1, 0.15) is 5.82 Å². The lowest BCUT2D eigenvalue weighted by atomic mass is 10.1. The van der Waals surface area contributed by atoms with Gasteiger partial charge >= 0.3 is 0 Å². The fraction of sp³-hybridized carbons (Fsp3) is 0.357. The van der Waals surface area contributed by atoms with Crippen LogP contribution in [0.4, 0.5) is 5.82 Å². The Balaban J connectivity index is 2.22. The number of aromatic nitrogens is 1. The summed E-state index contributed by atoms with van der Waals surface area (Å²) in [6, 6.07) is 9.85. The number of rotatable bonds is 2. The minimum absolute atomic E-state index is 0.0570. The van der Waals surface area contributed by atoms with E-state index in [0.717, 1.165) is 23.6 Å². The minimum Gasteiger partial charge on any atom is -0.385 e. The molecule has 1 aliphatic rings. The second-order valence-corrected chi connectivity index (χ2v) is 4.80. The summed E-state index contributed by atoms with van der Waals surface area (Å²) in [4.78, 5) is 12.4. The molecule has 0 aliphatic heterocycles. The molecule has 3 nitrogen and oxygen atoms in total. The van der Waals surface area contributed by atoms with E-state index in [9.17, 15) is 4.79 Å². The average molecular weight is 228 g/mol. The van der Waals surface area contributed by atoms with Crippen molar-refractivity contribution >= 4 is 16.6 Å². The van der Waals surface area contributed by atoms with E-state index in [-0.39, 0.29) is 5.56 Å². The lowest BCUT2D eigenvalue weighted by Crippen LogP contribution is -2.22. The van der Waals surface area contributed by atoms with Gasteiger partial charge < -0.3 is 5.73 Å². The summed E-state index contributed by atoms with van der Waals surface area (Å²) in [5.74, 6) is 1.21. The molecule has 0 saturated heterocycles. The number of anilines is 1. The van der Waals surface area contributed by atoms with Crippen LogP contribution in [0, 0.1) is 5.92 Å². The van der Waals surface area contributed by atoms with Gasteiger partial charge in [0.2, 0.25) is 0 Å². The third kappa shape index (κ3) is 1.54. The minimum atomic E-state index is 0.0570. The Hall–Kier alpha value is -1.77. The highest BCUT2D eigenvalue weighted by atomic mass is 16.1. The molecule has 0 spiro atoms. The van der Waals surface area contributed by atoms with Gasteiger partial charge in [-0.15, -0.1) is 0 Å². The van der Waals surface area contributed by atoms with Crippen molar-refractivity contribution in [2.75, 3.05) is 5.73 Å². The molecule has 0 radical (unpaired) electrons. The first kappa shape index (κ1) is 10.4. The van der Waals surface area contributed by atoms with Crippen LogP contribution in [0.5, 0.6) is 0 Å². The second kappa shape index (κ2) is 3.62. The van der Waals surface area contributed by atoms with Crippen molar-refractivity contribution in [2.24, 2.45) is 5.92 Å². The highest BCUT2D eigenvalue weighted by Gasteiger charge is 2.38. The Morgan fingerprint density at radius 2 is 2.18 bits per heavy atom. The van der Waals surface area contributed by atoms with Crippen LogP contribution < -0.4 is 11.3 Å². The van der Waals surface area contributed by atoms with Gasteiger partial charge in [-0.05, 0) is 29.9 Å². The van der Waals surface area contributed by atoms with E-state index >= 15 is 0 Å². The fourth-order valence-corrected chi connectivity index (χ4v) is 2.62. The molecule has 0 amide bonds. The molecule has 1 aromatic carbocycles. The van der Waals surface area contributed by atoms with Gasteiger partial charge in [-0.3, -0.25) is 9.36 Å². The molecule has 2 atom stereocenters. The lowest BCUT2D eigenvalue weighted by Gasteiger charge is -2.10. The molecule has 2 unspecified atom stereocenters. The number of hydrogen-bond acceptors (Lipinski definition) is 2. The van der Waals surface area contributed by atoms with E-state index in [4.69, 9.17) is 5.73 Å². The SMILES string of the molecule is CCC1CC1n1c(N)cc2ccccc2c1=O. The van der Waals surface area contributed by atoms with Gasteiger partial charge in [0.15, 0.2) is 0 Å². The molecule has 1 fully saturated rings. The maximum atomic E-state index is 12.4.